The van der Waals surface area contributed by atoms with E-state index < -0.39 is 43.9 Å². The van der Waals surface area contributed by atoms with E-state index in [0.717, 1.165) is 6.16 Å². The van der Waals surface area contributed by atoms with Crippen LogP contribution in [0.1, 0.15) is 6.42 Å². The summed E-state index contributed by atoms with van der Waals surface area (Å²) in [6, 6.07) is 0. The Morgan fingerprint density at radius 2 is 2.04 bits per heavy atom. The topological polar surface area (TPSA) is 102 Å². The Bertz CT molecular complexity index is 570. The van der Waals surface area contributed by atoms with Gasteiger partial charge in [-0.1, -0.05) is 6.58 Å². The summed E-state index contributed by atoms with van der Waals surface area (Å²) < 4.78 is 5.80. The fourth-order valence-corrected chi connectivity index (χ4v) is 3.55. The van der Waals surface area contributed by atoms with Crippen molar-refractivity contribution in [1.29, 1.82) is 0 Å². The highest BCUT2D eigenvalue weighted by molar-refractivity contribution is 7.72. The van der Waals surface area contributed by atoms with Crippen LogP contribution in [0.4, 0.5) is 0 Å². The first kappa shape index (κ1) is 18.2. The van der Waals surface area contributed by atoms with Crippen molar-refractivity contribution >= 4 is 19.1 Å². The van der Waals surface area contributed by atoms with Crippen LogP contribution in [-0.2, 0) is 9.53 Å². The van der Waals surface area contributed by atoms with Crippen molar-refractivity contribution < 1.29 is 24.9 Å². The van der Waals surface area contributed by atoms with Gasteiger partial charge in [0.1, 0.15) is 18.0 Å². The molecule has 2 aliphatic heterocycles. The molecule has 1 unspecified atom stereocenters. The van der Waals surface area contributed by atoms with Crippen LogP contribution in [-0.4, -0.2) is 83.1 Å². The molecule has 1 amide bonds. The average molecular weight is 344 g/mol. The number of hydrogen-bond acceptors (Lipinski definition) is 6. The predicted molar refractivity (Wildman–Crippen MR) is 90.3 cm³/mol. The molecule has 2 aliphatic rings. The number of carbonyl (C=O) groups is 1. The van der Waals surface area contributed by atoms with Gasteiger partial charge in [0.2, 0.25) is 0 Å². The van der Waals surface area contributed by atoms with E-state index >= 15 is 0 Å². The van der Waals surface area contributed by atoms with Crippen molar-refractivity contribution in [1.82, 2.24) is 10.2 Å². The van der Waals surface area contributed by atoms with E-state index in [1.54, 1.807) is 0 Å². The zero-order valence-electron chi connectivity index (χ0n) is 13.5. The minimum Gasteiger partial charge on any atom is -0.391 e. The lowest BCUT2D eigenvalue weighted by Gasteiger charge is -2.34. The minimum atomic E-state index is -1.26. The number of rotatable bonds is 5. The summed E-state index contributed by atoms with van der Waals surface area (Å²) in [6.45, 7) is 6.22. The largest absolute Gasteiger partial charge is 0.391 e. The zero-order valence-corrected chi connectivity index (χ0v) is 14.4. The van der Waals surface area contributed by atoms with E-state index in [2.05, 4.69) is 31.5 Å². The molecule has 0 aromatic carbocycles. The molecule has 1 saturated heterocycles. The second kappa shape index (κ2) is 6.79. The van der Waals surface area contributed by atoms with Crippen molar-refractivity contribution in [3.63, 3.8) is 0 Å². The van der Waals surface area contributed by atoms with Crippen molar-refractivity contribution in [3.8, 4) is 0 Å². The summed E-state index contributed by atoms with van der Waals surface area (Å²) in [5.74, 6) is -0.212. The zero-order chi connectivity index (χ0) is 17.4. The lowest BCUT2D eigenvalue weighted by molar-refractivity contribution is -0.120. The summed E-state index contributed by atoms with van der Waals surface area (Å²) in [4.78, 5) is 13.1. The standard InChI is InChI=1S/C15H25N2O5P/c1-9-16-14(21)10(8-18)7-17(9)15-13(20)12(19)11(22-15)5-6-23(2,3)4/h7,11-13,15,18-20H,1-2,5-6,8H2,3-4H3,(H,16,21)/t11-,12-,13-,15?/m1/s1. The molecule has 4 N–H and O–H groups in total. The van der Waals surface area contributed by atoms with Crippen LogP contribution in [0.2, 0.25) is 0 Å². The molecular formula is C15H25N2O5P. The van der Waals surface area contributed by atoms with Gasteiger partial charge in [0.15, 0.2) is 6.23 Å². The van der Waals surface area contributed by atoms with E-state index in [1.165, 1.54) is 11.1 Å². The van der Waals surface area contributed by atoms with E-state index in [4.69, 9.17) is 4.74 Å². The summed E-state index contributed by atoms with van der Waals surface area (Å²) in [5, 5.41) is 32.2. The molecule has 2 heterocycles. The Morgan fingerprint density at radius 1 is 1.39 bits per heavy atom. The molecule has 2 rings (SSSR count). The SMILES string of the molecule is C=C1NC(=O)C(CO)=CN1C1O[C@H](CCP(=C)(C)C)[C@@H](O)[C@H]1O. The molecule has 0 spiro atoms. The Morgan fingerprint density at radius 3 is 2.61 bits per heavy atom. The van der Waals surface area contributed by atoms with Crippen LogP contribution in [0.5, 0.6) is 0 Å². The number of nitrogens with one attached hydrogen (secondary N) is 1. The minimum absolute atomic E-state index is 0.135. The van der Waals surface area contributed by atoms with Gasteiger partial charge >= 0.3 is 0 Å². The first-order valence-corrected chi connectivity index (χ1v) is 10.5. The summed E-state index contributed by atoms with van der Waals surface area (Å²) in [6.07, 6.45) is 3.41. The highest BCUT2D eigenvalue weighted by Gasteiger charge is 2.46. The molecule has 0 bridgehead atoms. The predicted octanol–water partition coefficient (Wildman–Crippen LogP) is -0.688. The molecule has 130 valence electrons. The maximum absolute atomic E-state index is 11.6. The quantitative estimate of drug-likeness (QED) is 0.493. The second-order valence-electron chi connectivity index (χ2n) is 6.61. The second-order valence-corrected chi connectivity index (χ2v) is 10.9. The Kier molecular flexibility index (Phi) is 5.38. The Hall–Kier alpha value is -1.11. The van der Waals surface area contributed by atoms with Gasteiger partial charge in [-0.2, -0.15) is 0 Å². The van der Waals surface area contributed by atoms with Gasteiger partial charge in [-0.05, 0) is 25.9 Å². The van der Waals surface area contributed by atoms with Gasteiger partial charge in [-0.3, -0.25) is 4.79 Å². The number of amides is 1. The molecule has 1 fully saturated rings. The molecule has 7 nitrogen and oxygen atoms in total. The van der Waals surface area contributed by atoms with Gasteiger partial charge in [0, 0.05) is 6.20 Å². The summed E-state index contributed by atoms with van der Waals surface area (Å²) in [5.41, 5.74) is 0.135. The molecule has 0 aliphatic carbocycles. The molecule has 0 aromatic heterocycles. The van der Waals surface area contributed by atoms with Gasteiger partial charge in [-0.25, -0.2) is 0 Å². The van der Waals surface area contributed by atoms with Crippen LogP contribution in [0.3, 0.4) is 0 Å². The molecule has 0 radical (unpaired) electrons. The summed E-state index contributed by atoms with van der Waals surface area (Å²) >= 11 is 0. The van der Waals surface area contributed by atoms with Crippen LogP contribution in [0.15, 0.2) is 24.2 Å². The van der Waals surface area contributed by atoms with Crippen molar-refractivity contribution in [3.05, 3.63) is 24.2 Å². The van der Waals surface area contributed by atoms with Gasteiger partial charge in [0.05, 0.1) is 18.3 Å². The molecule has 0 aromatic rings. The maximum atomic E-state index is 11.6. The Labute approximate surface area is 136 Å². The van der Waals surface area contributed by atoms with Gasteiger partial charge in [-0.15, -0.1) is 13.2 Å². The number of carbonyl (C=O) groups excluding carboxylic acids is 1. The van der Waals surface area contributed by atoms with Crippen molar-refractivity contribution in [2.45, 2.75) is 31.0 Å². The monoisotopic (exact) mass is 344 g/mol. The van der Waals surface area contributed by atoms with Crippen LogP contribution < -0.4 is 5.32 Å². The van der Waals surface area contributed by atoms with Gasteiger partial charge in [0.25, 0.3) is 5.91 Å². The fourth-order valence-electron chi connectivity index (χ4n) is 2.59. The van der Waals surface area contributed by atoms with Crippen LogP contribution in [0, 0.1) is 0 Å². The lowest BCUT2D eigenvalue weighted by atomic mass is 10.1. The van der Waals surface area contributed by atoms with Crippen LogP contribution >= 0.6 is 6.89 Å². The van der Waals surface area contributed by atoms with Crippen molar-refractivity contribution in [2.75, 3.05) is 26.1 Å². The number of aliphatic hydroxyl groups excluding tert-OH is 3. The number of nitrogens with zero attached hydrogens (tertiary/aromatic N) is 1. The van der Waals surface area contributed by atoms with E-state index in [0.29, 0.717) is 6.42 Å². The number of hydrogen-bond donors (Lipinski definition) is 4. The number of ether oxygens (including phenoxy) is 1. The molecule has 0 saturated carbocycles. The number of aliphatic hydroxyl groups is 3. The smallest absolute Gasteiger partial charge is 0.256 e. The molecule has 8 heteroatoms. The maximum Gasteiger partial charge on any atom is 0.256 e. The van der Waals surface area contributed by atoms with E-state index in [1.807, 2.05) is 0 Å². The first-order valence-electron chi connectivity index (χ1n) is 7.43. The third kappa shape index (κ3) is 4.05. The van der Waals surface area contributed by atoms with E-state index in [9.17, 15) is 20.1 Å². The molecule has 23 heavy (non-hydrogen) atoms. The highest BCUT2D eigenvalue weighted by atomic mass is 31.2. The highest BCUT2D eigenvalue weighted by Crippen LogP contribution is 2.38. The van der Waals surface area contributed by atoms with E-state index in [-0.39, 0.29) is 11.4 Å². The lowest BCUT2D eigenvalue weighted by Crippen LogP contribution is -2.48. The first-order chi connectivity index (χ1) is 10.6. The van der Waals surface area contributed by atoms with Crippen LogP contribution in [0.25, 0.3) is 0 Å². The molecule has 4 atom stereocenters. The fraction of sp³-hybridized carbons (Fsp3) is 0.600. The third-order valence-electron chi connectivity index (χ3n) is 3.96. The third-order valence-corrected chi connectivity index (χ3v) is 5.43. The van der Waals surface area contributed by atoms with Crippen molar-refractivity contribution in [2.24, 2.45) is 0 Å². The summed E-state index contributed by atoms with van der Waals surface area (Å²) in [7, 11) is 0. The average Bonchev–Trinajstić information content (AvgIpc) is 2.73. The van der Waals surface area contributed by atoms with Gasteiger partial charge < -0.3 is 30.3 Å². The molecular weight excluding hydrogens is 319 g/mol. The normalized spacial score (nSPS) is 32.0. The Balaban J connectivity index is 2.14.